The van der Waals surface area contributed by atoms with Crippen LogP contribution in [0.15, 0.2) is 34.5 Å². The summed E-state index contributed by atoms with van der Waals surface area (Å²) in [5.41, 5.74) is -0.280. The van der Waals surface area contributed by atoms with E-state index in [9.17, 15) is 13.5 Å². The molecule has 2 aromatic rings. The second-order valence-corrected chi connectivity index (χ2v) is 11.0. The van der Waals surface area contributed by atoms with Crippen LogP contribution >= 0.6 is 11.3 Å². The van der Waals surface area contributed by atoms with Crippen molar-refractivity contribution in [2.24, 2.45) is 0 Å². The topological polar surface area (TPSA) is 76.1 Å². The molecule has 2 saturated heterocycles. The molecule has 1 aromatic heterocycles. The average molecular weight is 408 g/mol. The number of benzene rings is 1. The molecule has 2 atom stereocenters. The maximum absolute atomic E-state index is 13.2. The molecule has 8 heteroatoms. The Morgan fingerprint density at radius 3 is 2.48 bits per heavy atom. The zero-order valence-electron chi connectivity index (χ0n) is 14.9. The summed E-state index contributed by atoms with van der Waals surface area (Å²) in [5, 5.41) is 11.4. The molecular weight excluding hydrogens is 386 g/mol. The van der Waals surface area contributed by atoms with E-state index < -0.39 is 15.6 Å². The minimum absolute atomic E-state index is 0.188. The standard InChI is InChI=1S/C19H21NO5S2/c1-12-2-7-18(26-12)27(22,23)20-14-4-5-15(20)10-19(21,9-14)13-3-6-16-17(8-13)25-11-24-16/h2-3,6-8,14-15,21H,4-5,9-11H2,1H3/t14-,15-/m1/s1. The molecule has 2 bridgehead atoms. The first-order chi connectivity index (χ1) is 12.9. The van der Waals surface area contributed by atoms with Gasteiger partial charge in [-0.25, -0.2) is 8.42 Å². The van der Waals surface area contributed by atoms with Gasteiger partial charge in [-0.1, -0.05) is 6.07 Å². The number of ether oxygens (including phenoxy) is 2. The van der Waals surface area contributed by atoms with Crippen LogP contribution in [0.5, 0.6) is 11.5 Å². The Balaban J connectivity index is 1.46. The first kappa shape index (κ1) is 17.5. The van der Waals surface area contributed by atoms with E-state index in [1.807, 2.05) is 31.2 Å². The van der Waals surface area contributed by atoms with E-state index in [1.165, 1.54) is 11.3 Å². The summed E-state index contributed by atoms with van der Waals surface area (Å²) in [6.45, 7) is 2.10. The largest absolute Gasteiger partial charge is 0.454 e. The zero-order valence-corrected chi connectivity index (χ0v) is 16.6. The highest BCUT2D eigenvalue weighted by molar-refractivity contribution is 7.91. The fourth-order valence-corrected chi connectivity index (χ4v) is 7.91. The molecule has 0 radical (unpaired) electrons. The molecule has 5 rings (SSSR count). The van der Waals surface area contributed by atoms with Gasteiger partial charge in [0.1, 0.15) is 4.21 Å². The van der Waals surface area contributed by atoms with Crippen molar-refractivity contribution in [1.29, 1.82) is 0 Å². The Morgan fingerprint density at radius 1 is 1.11 bits per heavy atom. The van der Waals surface area contributed by atoms with E-state index in [2.05, 4.69) is 0 Å². The van der Waals surface area contributed by atoms with E-state index >= 15 is 0 Å². The fraction of sp³-hybridized carbons (Fsp3) is 0.474. The van der Waals surface area contributed by atoms with E-state index in [-0.39, 0.29) is 18.9 Å². The molecule has 0 unspecified atom stereocenters. The highest BCUT2D eigenvalue weighted by atomic mass is 32.2. The van der Waals surface area contributed by atoms with E-state index in [1.54, 1.807) is 10.4 Å². The van der Waals surface area contributed by atoms with Crippen molar-refractivity contribution in [3.8, 4) is 11.5 Å². The molecule has 0 aliphatic carbocycles. The maximum atomic E-state index is 13.2. The summed E-state index contributed by atoms with van der Waals surface area (Å²) >= 11 is 1.31. The fourth-order valence-electron chi connectivity index (χ4n) is 4.65. The summed E-state index contributed by atoms with van der Waals surface area (Å²) in [7, 11) is -3.52. The number of hydrogen-bond acceptors (Lipinski definition) is 6. The van der Waals surface area contributed by atoms with Gasteiger partial charge in [0.25, 0.3) is 10.0 Å². The van der Waals surface area contributed by atoms with Gasteiger partial charge in [-0.2, -0.15) is 4.31 Å². The van der Waals surface area contributed by atoms with Crippen molar-refractivity contribution in [2.75, 3.05) is 6.79 Å². The van der Waals surface area contributed by atoms with Crippen LogP contribution in [-0.2, 0) is 15.6 Å². The van der Waals surface area contributed by atoms with Crippen LogP contribution in [0.25, 0.3) is 0 Å². The number of thiophene rings is 1. The molecule has 3 aliphatic heterocycles. The third-order valence-electron chi connectivity index (χ3n) is 5.86. The Hall–Kier alpha value is -1.61. The monoisotopic (exact) mass is 407 g/mol. The van der Waals surface area contributed by atoms with Crippen molar-refractivity contribution < 1.29 is 23.0 Å². The van der Waals surface area contributed by atoms with Crippen LogP contribution in [0.4, 0.5) is 0 Å². The van der Waals surface area contributed by atoms with Gasteiger partial charge in [0.05, 0.1) is 5.60 Å². The number of rotatable bonds is 3. The van der Waals surface area contributed by atoms with Crippen molar-refractivity contribution in [1.82, 2.24) is 4.31 Å². The van der Waals surface area contributed by atoms with E-state index in [4.69, 9.17) is 9.47 Å². The van der Waals surface area contributed by atoms with Crippen molar-refractivity contribution in [2.45, 2.75) is 54.5 Å². The Labute approximate surface area is 162 Å². The predicted octanol–water partition coefficient (Wildman–Crippen LogP) is 2.99. The van der Waals surface area contributed by atoms with Crippen molar-refractivity contribution >= 4 is 21.4 Å². The predicted molar refractivity (Wildman–Crippen MR) is 101 cm³/mol. The zero-order chi connectivity index (χ0) is 18.8. The first-order valence-electron chi connectivity index (χ1n) is 9.09. The minimum atomic E-state index is -3.52. The quantitative estimate of drug-likeness (QED) is 0.847. The van der Waals surface area contributed by atoms with Crippen LogP contribution in [0, 0.1) is 6.92 Å². The molecule has 1 aromatic carbocycles. The van der Waals surface area contributed by atoms with Gasteiger partial charge in [-0.05, 0) is 62.4 Å². The lowest BCUT2D eigenvalue weighted by Gasteiger charge is -2.43. The molecule has 0 amide bonds. The lowest BCUT2D eigenvalue weighted by Crippen LogP contribution is -2.51. The molecule has 3 aliphatic rings. The highest BCUT2D eigenvalue weighted by Crippen LogP contribution is 2.49. The van der Waals surface area contributed by atoms with Gasteiger partial charge >= 0.3 is 0 Å². The average Bonchev–Trinajstić information content (AvgIpc) is 3.33. The molecule has 2 fully saturated rings. The Morgan fingerprint density at radius 2 is 1.81 bits per heavy atom. The van der Waals surface area contributed by atoms with E-state index in [0.717, 1.165) is 23.3 Å². The Bertz CT molecular complexity index is 985. The third kappa shape index (κ3) is 2.69. The smallest absolute Gasteiger partial charge is 0.253 e. The third-order valence-corrected chi connectivity index (χ3v) is 9.33. The second-order valence-electron chi connectivity index (χ2n) is 7.59. The van der Waals surface area contributed by atoms with Crippen LogP contribution in [0.2, 0.25) is 0 Å². The van der Waals surface area contributed by atoms with Crippen LogP contribution in [-0.4, -0.2) is 36.7 Å². The van der Waals surface area contributed by atoms with Crippen LogP contribution in [0.3, 0.4) is 0 Å². The number of piperidine rings is 1. The number of aliphatic hydroxyl groups is 1. The van der Waals surface area contributed by atoms with Gasteiger partial charge in [0.2, 0.25) is 6.79 Å². The molecule has 0 saturated carbocycles. The van der Waals surface area contributed by atoms with Crippen LogP contribution in [0.1, 0.15) is 36.1 Å². The van der Waals surface area contributed by atoms with E-state index in [0.29, 0.717) is 28.5 Å². The maximum Gasteiger partial charge on any atom is 0.253 e. The number of aryl methyl sites for hydroxylation is 1. The normalized spacial score (nSPS) is 30.0. The number of nitrogens with zero attached hydrogens (tertiary/aromatic N) is 1. The number of hydrogen-bond donors (Lipinski definition) is 1. The highest BCUT2D eigenvalue weighted by Gasteiger charge is 2.53. The summed E-state index contributed by atoms with van der Waals surface area (Å²) in [6, 6.07) is 8.65. The molecule has 1 N–H and O–H groups in total. The SMILES string of the molecule is Cc1ccc(S(=O)(=O)N2[C@@H]3CC[C@@H]2CC(O)(c2ccc4c(c2)OCO4)C3)s1. The summed E-state index contributed by atoms with van der Waals surface area (Å²) in [4.78, 5) is 0.981. The lowest BCUT2D eigenvalue weighted by molar-refractivity contribution is -0.0341. The molecule has 144 valence electrons. The molecular formula is C19H21NO5S2. The van der Waals surface area contributed by atoms with Crippen molar-refractivity contribution in [3.63, 3.8) is 0 Å². The van der Waals surface area contributed by atoms with Crippen molar-refractivity contribution in [3.05, 3.63) is 40.8 Å². The first-order valence-corrected chi connectivity index (χ1v) is 11.3. The minimum Gasteiger partial charge on any atom is -0.454 e. The summed E-state index contributed by atoms with van der Waals surface area (Å²) in [5.74, 6) is 1.32. The number of sulfonamides is 1. The molecule has 0 spiro atoms. The van der Waals surface area contributed by atoms with Gasteiger partial charge in [-0.15, -0.1) is 11.3 Å². The van der Waals surface area contributed by atoms with Gasteiger partial charge < -0.3 is 14.6 Å². The second kappa shape index (κ2) is 5.94. The van der Waals surface area contributed by atoms with Gasteiger partial charge in [-0.3, -0.25) is 0 Å². The van der Waals surface area contributed by atoms with Gasteiger partial charge in [0, 0.05) is 17.0 Å². The summed E-state index contributed by atoms with van der Waals surface area (Å²) < 4.78 is 39.2. The molecule has 4 heterocycles. The Kier molecular flexibility index (Phi) is 3.85. The molecule has 6 nitrogen and oxygen atoms in total. The number of fused-ring (bicyclic) bond motifs is 3. The van der Waals surface area contributed by atoms with Crippen LogP contribution < -0.4 is 9.47 Å². The lowest BCUT2D eigenvalue weighted by atomic mass is 9.81. The summed E-state index contributed by atoms with van der Waals surface area (Å²) in [6.07, 6.45) is 2.35. The van der Waals surface area contributed by atoms with Gasteiger partial charge in [0.15, 0.2) is 11.5 Å². The molecule has 27 heavy (non-hydrogen) atoms.